The van der Waals surface area contributed by atoms with E-state index in [1.807, 2.05) is 11.8 Å². The van der Waals surface area contributed by atoms with Gasteiger partial charge in [-0.15, -0.1) is 12.4 Å². The van der Waals surface area contributed by atoms with Gasteiger partial charge in [0.25, 0.3) is 5.91 Å². The number of piperidine rings is 1. The number of carbonyl (C=O) groups is 1. The van der Waals surface area contributed by atoms with Crippen LogP contribution in [0.4, 0.5) is 0 Å². The smallest absolute Gasteiger partial charge is 0.254 e. The van der Waals surface area contributed by atoms with Gasteiger partial charge in [-0.3, -0.25) is 4.79 Å². The molecule has 0 aromatic heterocycles. The first-order chi connectivity index (χ1) is 10.1. The van der Waals surface area contributed by atoms with Gasteiger partial charge in [0.1, 0.15) is 0 Å². The summed E-state index contributed by atoms with van der Waals surface area (Å²) in [7, 11) is 3.15. The highest BCUT2D eigenvalue weighted by Gasteiger charge is 2.30. The largest absolute Gasteiger partial charge is 0.493 e. The van der Waals surface area contributed by atoms with Crippen LogP contribution in [0.15, 0.2) is 18.2 Å². The topological polar surface area (TPSA) is 64.8 Å². The summed E-state index contributed by atoms with van der Waals surface area (Å²) < 4.78 is 10.5. The van der Waals surface area contributed by atoms with Gasteiger partial charge in [0.15, 0.2) is 11.5 Å². The third-order valence-corrected chi connectivity index (χ3v) is 4.05. The van der Waals surface area contributed by atoms with Gasteiger partial charge < -0.3 is 20.1 Å². The maximum atomic E-state index is 12.8. The molecule has 0 spiro atoms. The zero-order valence-electron chi connectivity index (χ0n) is 13.4. The lowest BCUT2D eigenvalue weighted by molar-refractivity contribution is 0.0583. The van der Waals surface area contributed by atoms with Gasteiger partial charge in [0.2, 0.25) is 0 Å². The summed E-state index contributed by atoms with van der Waals surface area (Å²) in [6, 6.07) is 5.36. The van der Waals surface area contributed by atoms with Crippen LogP contribution in [0.25, 0.3) is 0 Å². The van der Waals surface area contributed by atoms with Crippen LogP contribution in [0.3, 0.4) is 0 Å². The molecule has 1 aromatic carbocycles. The Balaban J connectivity index is 0.00000242. The number of rotatable bonds is 4. The number of benzene rings is 1. The standard InChI is InChI=1S/C16H24N2O3.ClH/c1-11(17)13-6-4-5-9-18(13)16(19)12-7-8-14(20-2)15(10-12)21-3;/h7-8,10-11,13H,4-6,9,17H2,1-3H3;1H. The number of ether oxygens (including phenoxy) is 2. The molecular weight excluding hydrogens is 304 g/mol. The van der Waals surface area contributed by atoms with Gasteiger partial charge in [-0.2, -0.15) is 0 Å². The van der Waals surface area contributed by atoms with E-state index in [0.29, 0.717) is 17.1 Å². The van der Waals surface area contributed by atoms with Crippen molar-refractivity contribution in [3.05, 3.63) is 23.8 Å². The van der Waals surface area contributed by atoms with Crippen LogP contribution in [0.2, 0.25) is 0 Å². The normalized spacial score (nSPS) is 19.1. The van der Waals surface area contributed by atoms with E-state index < -0.39 is 0 Å². The van der Waals surface area contributed by atoms with E-state index in [0.717, 1.165) is 25.8 Å². The van der Waals surface area contributed by atoms with Crippen molar-refractivity contribution in [2.45, 2.75) is 38.3 Å². The molecule has 1 saturated heterocycles. The van der Waals surface area contributed by atoms with E-state index in [-0.39, 0.29) is 30.4 Å². The molecule has 0 bridgehead atoms. The van der Waals surface area contributed by atoms with Crippen molar-refractivity contribution in [3.63, 3.8) is 0 Å². The zero-order valence-corrected chi connectivity index (χ0v) is 14.2. The second kappa shape index (κ2) is 8.25. The predicted molar refractivity (Wildman–Crippen MR) is 89.1 cm³/mol. The van der Waals surface area contributed by atoms with Gasteiger partial charge in [0, 0.05) is 24.2 Å². The fourth-order valence-corrected chi connectivity index (χ4v) is 2.89. The molecule has 1 aromatic rings. The SMILES string of the molecule is COc1ccc(C(=O)N2CCCCC2C(C)N)cc1OC.Cl. The number of nitrogens with two attached hydrogens (primary N) is 1. The van der Waals surface area contributed by atoms with E-state index >= 15 is 0 Å². The Labute approximate surface area is 138 Å². The summed E-state index contributed by atoms with van der Waals surface area (Å²) >= 11 is 0. The first-order valence-electron chi connectivity index (χ1n) is 7.37. The Morgan fingerprint density at radius 3 is 2.55 bits per heavy atom. The highest BCUT2D eigenvalue weighted by molar-refractivity contribution is 5.95. The first kappa shape index (κ1) is 18.6. The minimum absolute atomic E-state index is 0. The van der Waals surface area contributed by atoms with Crippen molar-refractivity contribution in [2.24, 2.45) is 5.73 Å². The average Bonchev–Trinajstić information content (AvgIpc) is 2.53. The second-order valence-electron chi connectivity index (χ2n) is 5.49. The fraction of sp³-hybridized carbons (Fsp3) is 0.562. The summed E-state index contributed by atoms with van der Waals surface area (Å²) in [5, 5.41) is 0. The van der Waals surface area contributed by atoms with Crippen LogP contribution in [-0.2, 0) is 0 Å². The summed E-state index contributed by atoms with van der Waals surface area (Å²) in [4.78, 5) is 14.7. The van der Waals surface area contributed by atoms with Crippen LogP contribution >= 0.6 is 12.4 Å². The molecule has 2 atom stereocenters. The molecule has 124 valence electrons. The third-order valence-electron chi connectivity index (χ3n) is 4.05. The van der Waals surface area contributed by atoms with Crippen molar-refractivity contribution >= 4 is 18.3 Å². The number of hydrogen-bond donors (Lipinski definition) is 1. The molecule has 1 heterocycles. The van der Waals surface area contributed by atoms with Crippen molar-refractivity contribution in [1.29, 1.82) is 0 Å². The maximum Gasteiger partial charge on any atom is 0.254 e. The number of carbonyl (C=O) groups excluding carboxylic acids is 1. The molecule has 6 heteroatoms. The molecule has 1 amide bonds. The lowest BCUT2D eigenvalue weighted by atomic mass is 9.96. The van der Waals surface area contributed by atoms with Crippen LogP contribution < -0.4 is 15.2 Å². The molecule has 2 rings (SSSR count). The van der Waals surface area contributed by atoms with Crippen molar-refractivity contribution in [2.75, 3.05) is 20.8 Å². The minimum atomic E-state index is -0.0191. The predicted octanol–water partition coefficient (Wildman–Crippen LogP) is 2.47. The summed E-state index contributed by atoms with van der Waals surface area (Å²) in [6.45, 7) is 2.73. The molecule has 0 saturated carbocycles. The Morgan fingerprint density at radius 2 is 1.95 bits per heavy atom. The minimum Gasteiger partial charge on any atom is -0.493 e. The van der Waals surface area contributed by atoms with Gasteiger partial charge in [-0.05, 0) is 44.4 Å². The van der Waals surface area contributed by atoms with Crippen LogP contribution in [-0.4, -0.2) is 43.7 Å². The molecule has 22 heavy (non-hydrogen) atoms. The van der Waals surface area contributed by atoms with Gasteiger partial charge >= 0.3 is 0 Å². The lowest BCUT2D eigenvalue weighted by Gasteiger charge is -2.38. The summed E-state index contributed by atoms with van der Waals surface area (Å²) in [6.07, 6.45) is 3.13. The number of halogens is 1. The zero-order chi connectivity index (χ0) is 15.4. The molecule has 1 fully saturated rings. The Hall–Kier alpha value is -1.46. The highest BCUT2D eigenvalue weighted by atomic mass is 35.5. The number of amides is 1. The molecule has 2 N–H and O–H groups in total. The molecule has 0 aliphatic carbocycles. The monoisotopic (exact) mass is 328 g/mol. The van der Waals surface area contributed by atoms with Crippen molar-refractivity contribution < 1.29 is 14.3 Å². The van der Waals surface area contributed by atoms with Crippen molar-refractivity contribution in [3.8, 4) is 11.5 Å². The van der Waals surface area contributed by atoms with Crippen LogP contribution in [0.5, 0.6) is 11.5 Å². The van der Waals surface area contributed by atoms with E-state index in [2.05, 4.69) is 0 Å². The van der Waals surface area contributed by atoms with Crippen LogP contribution in [0.1, 0.15) is 36.5 Å². The molecule has 1 aliphatic rings. The second-order valence-corrected chi connectivity index (χ2v) is 5.49. The van der Waals surface area contributed by atoms with Crippen LogP contribution in [0, 0.1) is 0 Å². The third kappa shape index (κ3) is 3.84. The Bertz CT molecular complexity index is 508. The highest BCUT2D eigenvalue weighted by Crippen LogP contribution is 2.29. The van der Waals surface area contributed by atoms with E-state index in [1.54, 1.807) is 32.4 Å². The van der Waals surface area contributed by atoms with Gasteiger partial charge in [0.05, 0.1) is 14.2 Å². The maximum absolute atomic E-state index is 12.8. The van der Waals surface area contributed by atoms with Crippen molar-refractivity contribution in [1.82, 2.24) is 4.90 Å². The van der Waals surface area contributed by atoms with Gasteiger partial charge in [-0.25, -0.2) is 0 Å². The molecule has 5 nitrogen and oxygen atoms in total. The van der Waals surface area contributed by atoms with E-state index in [4.69, 9.17) is 15.2 Å². The molecule has 0 radical (unpaired) electrons. The molecular formula is C16H25ClN2O3. The summed E-state index contributed by atoms with van der Waals surface area (Å²) in [5.41, 5.74) is 6.65. The molecule has 2 unspecified atom stereocenters. The summed E-state index contributed by atoms with van der Waals surface area (Å²) in [5.74, 6) is 1.20. The Kier molecular flexibility index (Phi) is 6.97. The van der Waals surface area contributed by atoms with E-state index in [1.165, 1.54) is 0 Å². The number of methoxy groups -OCH3 is 2. The quantitative estimate of drug-likeness (QED) is 0.922. The lowest BCUT2D eigenvalue weighted by Crippen LogP contribution is -2.51. The fourth-order valence-electron chi connectivity index (χ4n) is 2.89. The average molecular weight is 329 g/mol. The number of hydrogen-bond acceptors (Lipinski definition) is 4. The van der Waals surface area contributed by atoms with Gasteiger partial charge in [-0.1, -0.05) is 0 Å². The Morgan fingerprint density at radius 1 is 1.27 bits per heavy atom. The molecule has 1 aliphatic heterocycles. The number of nitrogens with zero attached hydrogens (tertiary/aromatic N) is 1. The number of likely N-dealkylation sites (tertiary alicyclic amines) is 1. The first-order valence-corrected chi connectivity index (χ1v) is 7.37. The van der Waals surface area contributed by atoms with E-state index in [9.17, 15) is 4.79 Å².